The monoisotopic (exact) mass is 398 g/mol. The van der Waals surface area contributed by atoms with Gasteiger partial charge in [0, 0.05) is 55.1 Å². The van der Waals surface area contributed by atoms with Crippen molar-refractivity contribution in [2.45, 2.75) is 32.7 Å². The van der Waals surface area contributed by atoms with Gasteiger partial charge in [0.25, 0.3) is 5.91 Å². The molecule has 1 atom stereocenters. The molecule has 0 aromatic carbocycles. The smallest absolute Gasteiger partial charge is 0.254 e. The molecule has 1 saturated heterocycles. The molecule has 1 unspecified atom stereocenters. The van der Waals surface area contributed by atoms with Crippen molar-refractivity contribution in [3.63, 3.8) is 0 Å². The number of thiophene rings is 1. The number of hydrogen-bond donors (Lipinski definition) is 1. The second kappa shape index (κ2) is 7.67. The lowest BCUT2D eigenvalue weighted by molar-refractivity contribution is -0.118. The highest BCUT2D eigenvalue weighted by Crippen LogP contribution is 2.31. The Morgan fingerprint density at radius 1 is 1.32 bits per heavy atom. The van der Waals surface area contributed by atoms with Gasteiger partial charge in [0.15, 0.2) is 5.65 Å². The van der Waals surface area contributed by atoms with Gasteiger partial charge in [-0.05, 0) is 19.4 Å². The van der Waals surface area contributed by atoms with Crippen molar-refractivity contribution < 1.29 is 9.59 Å². The molecular formula is C19H22N6O2S. The molecule has 0 radical (unpaired) electrons. The molecule has 0 saturated carbocycles. The largest absolute Gasteiger partial charge is 0.354 e. The first-order valence-corrected chi connectivity index (χ1v) is 10.2. The first kappa shape index (κ1) is 18.5. The van der Waals surface area contributed by atoms with E-state index in [9.17, 15) is 9.59 Å². The summed E-state index contributed by atoms with van der Waals surface area (Å²) in [7, 11) is 0. The number of aryl methyl sites for hydroxylation is 1. The van der Waals surface area contributed by atoms with Crippen LogP contribution in [0.1, 0.15) is 40.2 Å². The van der Waals surface area contributed by atoms with E-state index in [1.54, 1.807) is 28.4 Å². The zero-order chi connectivity index (χ0) is 19.7. The predicted molar refractivity (Wildman–Crippen MR) is 106 cm³/mol. The Morgan fingerprint density at radius 2 is 2.14 bits per heavy atom. The molecule has 1 fully saturated rings. The van der Waals surface area contributed by atoms with Gasteiger partial charge in [-0.2, -0.15) is 5.10 Å². The highest BCUT2D eigenvalue weighted by atomic mass is 32.1. The van der Waals surface area contributed by atoms with Crippen LogP contribution in [-0.2, 0) is 11.3 Å². The number of carbonyl (C=O) groups is 2. The topological polar surface area (TPSA) is 93.0 Å². The van der Waals surface area contributed by atoms with Crippen molar-refractivity contribution in [3.05, 3.63) is 40.0 Å². The Kier molecular flexibility index (Phi) is 5.08. The van der Waals surface area contributed by atoms with E-state index >= 15 is 0 Å². The van der Waals surface area contributed by atoms with Crippen LogP contribution in [0.15, 0.2) is 23.8 Å². The number of rotatable bonds is 5. The van der Waals surface area contributed by atoms with Crippen molar-refractivity contribution >= 4 is 34.3 Å². The average molecular weight is 398 g/mol. The minimum absolute atomic E-state index is 0.0728. The minimum atomic E-state index is -0.0728. The lowest BCUT2D eigenvalue weighted by Gasteiger charge is -2.15. The van der Waals surface area contributed by atoms with Crippen LogP contribution in [-0.4, -0.2) is 56.1 Å². The van der Waals surface area contributed by atoms with Crippen molar-refractivity contribution in [1.82, 2.24) is 30.0 Å². The maximum Gasteiger partial charge on any atom is 0.254 e. The first-order valence-electron chi connectivity index (χ1n) is 9.29. The second-order valence-corrected chi connectivity index (χ2v) is 8.12. The van der Waals surface area contributed by atoms with Crippen LogP contribution in [0.2, 0.25) is 0 Å². The fourth-order valence-electron chi connectivity index (χ4n) is 3.60. The molecule has 9 heteroatoms. The fraction of sp³-hybridized carbons (Fsp3) is 0.421. The molecule has 3 aromatic heterocycles. The number of nitrogens with zero attached hydrogens (tertiary/aromatic N) is 5. The van der Waals surface area contributed by atoms with Crippen molar-refractivity contribution in [2.24, 2.45) is 0 Å². The van der Waals surface area contributed by atoms with Crippen molar-refractivity contribution in [2.75, 3.05) is 19.6 Å². The summed E-state index contributed by atoms with van der Waals surface area (Å²) < 4.78 is 1.79. The van der Waals surface area contributed by atoms with Crippen molar-refractivity contribution in [1.29, 1.82) is 0 Å². The number of hydrogen-bond acceptors (Lipinski definition) is 6. The molecule has 1 aliphatic heterocycles. The summed E-state index contributed by atoms with van der Waals surface area (Å²) in [5.41, 5.74) is 3.12. The highest BCUT2D eigenvalue weighted by Gasteiger charge is 2.32. The summed E-state index contributed by atoms with van der Waals surface area (Å²) in [5.74, 6) is 0.133. The maximum atomic E-state index is 12.7. The van der Waals surface area contributed by atoms with Gasteiger partial charge in [-0.25, -0.2) is 14.6 Å². The fourth-order valence-corrected chi connectivity index (χ4v) is 4.28. The number of likely N-dealkylation sites (tertiary alicyclic amines) is 1. The Balaban J connectivity index is 1.54. The van der Waals surface area contributed by atoms with Crippen LogP contribution in [0.3, 0.4) is 0 Å². The summed E-state index contributed by atoms with van der Waals surface area (Å²) in [5, 5.41) is 9.44. The lowest BCUT2D eigenvalue weighted by atomic mass is 10.0. The number of fused-ring (bicyclic) bond motifs is 1. The molecule has 2 amide bonds. The van der Waals surface area contributed by atoms with Gasteiger partial charge in [-0.15, -0.1) is 11.3 Å². The third kappa shape index (κ3) is 3.62. The van der Waals surface area contributed by atoms with Crippen LogP contribution >= 0.6 is 11.3 Å². The lowest BCUT2D eigenvalue weighted by Crippen LogP contribution is -2.28. The molecular weight excluding hydrogens is 376 g/mol. The molecule has 1 N–H and O–H groups in total. The standard InChI is InChI=1S/C19H22N6O2S/c1-12-9-15(11-28-12)19(27)24-7-3-14(10-24)16-17-18(22-5-4-21-17)25(23-16)8-6-20-13(2)26/h4-5,9,11,14H,3,6-8,10H2,1-2H3,(H,20,26). The molecule has 8 nitrogen and oxygen atoms in total. The quantitative estimate of drug-likeness (QED) is 0.709. The zero-order valence-corrected chi connectivity index (χ0v) is 16.7. The summed E-state index contributed by atoms with van der Waals surface area (Å²) in [6.07, 6.45) is 4.16. The Morgan fingerprint density at radius 3 is 2.89 bits per heavy atom. The van der Waals surface area contributed by atoms with Gasteiger partial charge in [0.2, 0.25) is 5.91 Å². The van der Waals surface area contributed by atoms with E-state index in [0.29, 0.717) is 31.8 Å². The molecule has 4 rings (SSSR count). The summed E-state index contributed by atoms with van der Waals surface area (Å²) in [6, 6.07) is 1.94. The van der Waals surface area contributed by atoms with Crippen molar-refractivity contribution in [3.8, 4) is 0 Å². The van der Waals surface area contributed by atoms with Gasteiger partial charge in [0.1, 0.15) is 5.52 Å². The molecule has 0 aliphatic carbocycles. The first-order chi connectivity index (χ1) is 13.5. The molecule has 3 aromatic rings. The summed E-state index contributed by atoms with van der Waals surface area (Å²) in [4.78, 5) is 35.8. The maximum absolute atomic E-state index is 12.7. The Bertz CT molecular complexity index is 1030. The van der Waals surface area contributed by atoms with Crippen LogP contribution < -0.4 is 5.32 Å². The zero-order valence-electron chi connectivity index (χ0n) is 15.9. The minimum Gasteiger partial charge on any atom is -0.354 e. The molecule has 28 heavy (non-hydrogen) atoms. The normalized spacial score (nSPS) is 16.6. The van der Waals surface area contributed by atoms with Crippen LogP contribution in [0, 0.1) is 6.92 Å². The number of aromatic nitrogens is 4. The van der Waals surface area contributed by atoms with E-state index in [1.807, 2.05) is 23.3 Å². The van der Waals surface area contributed by atoms with Crippen LogP contribution in [0.4, 0.5) is 0 Å². The predicted octanol–water partition coefficient (Wildman–Crippen LogP) is 1.96. The van der Waals surface area contributed by atoms with Crippen LogP contribution in [0.25, 0.3) is 11.2 Å². The number of nitrogens with one attached hydrogen (secondary N) is 1. The van der Waals surface area contributed by atoms with E-state index < -0.39 is 0 Å². The van der Waals surface area contributed by atoms with Gasteiger partial charge in [-0.3, -0.25) is 9.59 Å². The third-order valence-corrected chi connectivity index (χ3v) is 5.79. The number of carbonyl (C=O) groups excluding carboxylic acids is 2. The molecule has 1 aliphatic rings. The summed E-state index contributed by atoms with van der Waals surface area (Å²) >= 11 is 1.59. The molecule has 0 bridgehead atoms. The number of amides is 2. The Labute approximate surface area is 166 Å². The van der Waals surface area contributed by atoms with Gasteiger partial charge in [0.05, 0.1) is 17.8 Å². The van der Waals surface area contributed by atoms with E-state index in [1.165, 1.54) is 6.92 Å². The SMILES string of the molecule is CC(=O)NCCn1nc(C2CCN(C(=O)c3csc(C)c3)C2)c2nccnc21. The third-order valence-electron chi connectivity index (χ3n) is 4.93. The van der Waals surface area contributed by atoms with E-state index in [4.69, 9.17) is 5.10 Å². The second-order valence-electron chi connectivity index (χ2n) is 7.00. The Hall–Kier alpha value is -2.81. The molecule has 4 heterocycles. The average Bonchev–Trinajstić information content (AvgIpc) is 3.39. The van der Waals surface area contributed by atoms with Crippen LogP contribution in [0.5, 0.6) is 0 Å². The van der Waals surface area contributed by atoms with Gasteiger partial charge >= 0.3 is 0 Å². The van der Waals surface area contributed by atoms with Gasteiger partial charge < -0.3 is 10.2 Å². The highest BCUT2D eigenvalue weighted by molar-refractivity contribution is 7.10. The van der Waals surface area contributed by atoms with E-state index in [-0.39, 0.29) is 17.7 Å². The molecule has 146 valence electrons. The molecule has 0 spiro atoms. The van der Waals surface area contributed by atoms with E-state index in [0.717, 1.165) is 28.1 Å². The van der Waals surface area contributed by atoms with Gasteiger partial charge in [-0.1, -0.05) is 0 Å². The summed E-state index contributed by atoms with van der Waals surface area (Å²) in [6.45, 7) is 5.84. The van der Waals surface area contributed by atoms with E-state index in [2.05, 4.69) is 15.3 Å².